The fraction of sp³-hybridized carbons (Fsp3) is 0.571. The molecule has 0 unspecified atom stereocenters. The Kier molecular flexibility index (Phi) is 5.92. The highest BCUT2D eigenvalue weighted by atomic mass is 32.2. The third-order valence-electron chi connectivity index (χ3n) is 3.46. The second-order valence-corrected chi connectivity index (χ2v) is 8.44. The second-order valence-electron chi connectivity index (χ2n) is 5.34. The molecule has 1 aliphatic carbocycles. The average Bonchev–Trinajstić information content (AvgIpc) is 3.25. The smallest absolute Gasteiger partial charge is 0.212 e. The zero-order chi connectivity index (χ0) is 15.3. The maximum absolute atomic E-state index is 11.9. The Morgan fingerprint density at radius 1 is 1.33 bits per heavy atom. The second kappa shape index (κ2) is 7.49. The largest absolute Gasteiger partial charge is 0.399 e. The van der Waals surface area contributed by atoms with Gasteiger partial charge < -0.3 is 10.6 Å². The number of hydrogen-bond acceptors (Lipinski definition) is 5. The normalized spacial score (nSPS) is 15.5. The molecular weight excluding hydrogens is 306 g/mol. The van der Waals surface area contributed by atoms with Gasteiger partial charge in [0.1, 0.15) is 0 Å². The molecule has 1 aromatic carbocycles. The van der Waals surface area contributed by atoms with Crippen molar-refractivity contribution in [1.29, 1.82) is 0 Å². The number of hydrogen-bond donors (Lipinski definition) is 2. The van der Waals surface area contributed by atoms with E-state index in [1.165, 1.54) is 24.6 Å². The molecular formula is C14H23N3O2S2. The molecule has 0 amide bonds. The Hall–Kier alpha value is -0.760. The fourth-order valence-electron chi connectivity index (χ4n) is 1.98. The molecule has 1 fully saturated rings. The van der Waals surface area contributed by atoms with Crippen LogP contribution in [-0.4, -0.2) is 51.0 Å². The van der Waals surface area contributed by atoms with E-state index in [0.29, 0.717) is 24.0 Å². The van der Waals surface area contributed by atoms with Gasteiger partial charge in [-0.2, -0.15) is 0 Å². The van der Waals surface area contributed by atoms with Gasteiger partial charge in [-0.3, -0.25) is 0 Å². The molecule has 0 atom stereocenters. The van der Waals surface area contributed by atoms with Crippen molar-refractivity contribution < 1.29 is 8.42 Å². The molecule has 0 saturated heterocycles. The number of nitrogens with one attached hydrogen (secondary N) is 1. The lowest BCUT2D eigenvalue weighted by Gasteiger charge is -2.15. The number of benzene rings is 1. The third-order valence-corrected chi connectivity index (χ3v) is 6.12. The minimum atomic E-state index is -3.18. The molecule has 0 aromatic heterocycles. The van der Waals surface area contributed by atoms with Crippen molar-refractivity contribution in [1.82, 2.24) is 9.62 Å². The quantitative estimate of drug-likeness (QED) is 0.529. The monoisotopic (exact) mass is 329 g/mol. The lowest BCUT2D eigenvalue weighted by Crippen LogP contribution is -2.35. The summed E-state index contributed by atoms with van der Waals surface area (Å²) in [5.74, 6) is 0.674. The van der Waals surface area contributed by atoms with Gasteiger partial charge in [0, 0.05) is 35.5 Å². The Morgan fingerprint density at radius 3 is 2.62 bits per heavy atom. The molecule has 1 aliphatic rings. The summed E-state index contributed by atoms with van der Waals surface area (Å²) in [5.41, 5.74) is 6.33. The van der Waals surface area contributed by atoms with Gasteiger partial charge in [-0.1, -0.05) is 0 Å². The summed E-state index contributed by atoms with van der Waals surface area (Å²) >= 11 is 1.53. The predicted octanol–water partition coefficient (Wildman–Crippen LogP) is 1.37. The maximum Gasteiger partial charge on any atom is 0.212 e. The molecule has 2 rings (SSSR count). The van der Waals surface area contributed by atoms with Crippen LogP contribution < -0.4 is 10.5 Å². The van der Waals surface area contributed by atoms with E-state index in [9.17, 15) is 8.42 Å². The first kappa shape index (κ1) is 16.6. The van der Waals surface area contributed by atoms with Gasteiger partial charge in [0.15, 0.2) is 0 Å². The van der Waals surface area contributed by atoms with E-state index in [1.54, 1.807) is 0 Å². The van der Waals surface area contributed by atoms with E-state index in [4.69, 9.17) is 5.73 Å². The zero-order valence-corrected chi connectivity index (χ0v) is 13.9. The Morgan fingerprint density at radius 2 is 2.00 bits per heavy atom. The predicted molar refractivity (Wildman–Crippen MR) is 89.0 cm³/mol. The van der Waals surface area contributed by atoms with E-state index >= 15 is 0 Å². The van der Waals surface area contributed by atoms with Crippen LogP contribution in [0.3, 0.4) is 0 Å². The first-order valence-corrected chi connectivity index (χ1v) is 9.76. The number of nitrogens with zero attached hydrogens (tertiary/aromatic N) is 1. The summed E-state index contributed by atoms with van der Waals surface area (Å²) < 4.78 is 26.4. The fourth-order valence-corrected chi connectivity index (χ4v) is 4.30. The van der Waals surface area contributed by atoms with E-state index in [1.807, 2.05) is 31.3 Å². The van der Waals surface area contributed by atoms with Crippen LogP contribution in [0.1, 0.15) is 12.8 Å². The number of likely N-dealkylation sites (N-methyl/N-ethyl adjacent to an activating group) is 1. The first-order valence-electron chi connectivity index (χ1n) is 7.12. The van der Waals surface area contributed by atoms with Gasteiger partial charge in [-0.05, 0) is 44.2 Å². The Labute approximate surface area is 131 Å². The number of sulfonamides is 1. The number of thioether (sulfide) groups is 1. The lowest BCUT2D eigenvalue weighted by molar-refractivity contribution is 0.329. The number of rotatable bonds is 9. The van der Waals surface area contributed by atoms with Crippen LogP contribution in [0.15, 0.2) is 29.2 Å². The van der Waals surface area contributed by atoms with Gasteiger partial charge in [-0.25, -0.2) is 13.1 Å². The van der Waals surface area contributed by atoms with Crippen molar-refractivity contribution in [3.05, 3.63) is 24.3 Å². The van der Waals surface area contributed by atoms with Gasteiger partial charge in [0.25, 0.3) is 0 Å². The van der Waals surface area contributed by atoms with E-state index in [0.717, 1.165) is 11.4 Å². The molecule has 21 heavy (non-hydrogen) atoms. The van der Waals surface area contributed by atoms with Crippen molar-refractivity contribution in [2.24, 2.45) is 0 Å². The van der Waals surface area contributed by atoms with Crippen LogP contribution in [0, 0.1) is 0 Å². The van der Waals surface area contributed by atoms with Gasteiger partial charge in [-0.15, -0.1) is 11.8 Å². The zero-order valence-electron chi connectivity index (χ0n) is 12.3. The van der Waals surface area contributed by atoms with E-state index < -0.39 is 10.0 Å². The molecule has 0 radical (unpaired) electrons. The van der Waals surface area contributed by atoms with Crippen molar-refractivity contribution in [3.63, 3.8) is 0 Å². The minimum absolute atomic E-state index is 0.134. The lowest BCUT2D eigenvalue weighted by atomic mass is 10.3. The van der Waals surface area contributed by atoms with Crippen molar-refractivity contribution in [3.8, 4) is 0 Å². The summed E-state index contributed by atoms with van der Waals surface area (Å²) in [6, 6.07) is 8.12. The van der Waals surface area contributed by atoms with Crippen LogP contribution in [-0.2, 0) is 10.0 Å². The summed E-state index contributed by atoms with van der Waals surface area (Å²) in [4.78, 5) is 3.25. The van der Waals surface area contributed by atoms with Crippen LogP contribution in [0.2, 0.25) is 0 Å². The SMILES string of the molecule is CN(CCNS(=O)(=O)CCSc1ccc(N)cc1)C1CC1. The number of nitrogen functional groups attached to an aromatic ring is 1. The number of nitrogens with two attached hydrogens (primary N) is 1. The first-order chi connectivity index (χ1) is 9.96. The molecule has 0 aliphatic heterocycles. The van der Waals surface area contributed by atoms with Crippen LogP contribution in [0.5, 0.6) is 0 Å². The van der Waals surface area contributed by atoms with E-state index in [2.05, 4.69) is 9.62 Å². The summed E-state index contributed by atoms with van der Waals surface area (Å²) in [6.45, 7) is 1.26. The summed E-state index contributed by atoms with van der Waals surface area (Å²) in [5, 5.41) is 0. The molecule has 3 N–H and O–H groups in total. The highest BCUT2D eigenvalue weighted by Gasteiger charge is 2.25. The van der Waals surface area contributed by atoms with Crippen molar-refractivity contribution in [2.75, 3.05) is 37.4 Å². The third kappa shape index (κ3) is 6.25. The number of anilines is 1. The maximum atomic E-state index is 11.9. The van der Waals surface area contributed by atoms with E-state index in [-0.39, 0.29) is 5.75 Å². The molecule has 7 heteroatoms. The van der Waals surface area contributed by atoms with Gasteiger partial charge in [0.2, 0.25) is 10.0 Å². The van der Waals surface area contributed by atoms with Gasteiger partial charge >= 0.3 is 0 Å². The Bertz CT molecular complexity index is 542. The highest BCUT2D eigenvalue weighted by molar-refractivity contribution is 8.00. The highest BCUT2D eigenvalue weighted by Crippen LogP contribution is 2.24. The van der Waals surface area contributed by atoms with Crippen molar-refractivity contribution >= 4 is 27.5 Å². The van der Waals surface area contributed by atoms with Crippen LogP contribution >= 0.6 is 11.8 Å². The Balaban J connectivity index is 1.64. The molecule has 0 bridgehead atoms. The summed E-state index contributed by atoms with van der Waals surface area (Å²) in [6.07, 6.45) is 2.48. The molecule has 118 valence electrons. The average molecular weight is 329 g/mol. The molecule has 1 saturated carbocycles. The van der Waals surface area contributed by atoms with Crippen molar-refractivity contribution in [2.45, 2.75) is 23.8 Å². The minimum Gasteiger partial charge on any atom is -0.399 e. The summed E-state index contributed by atoms with van der Waals surface area (Å²) in [7, 11) is -1.14. The molecule has 0 spiro atoms. The molecule has 0 heterocycles. The van der Waals surface area contributed by atoms with Crippen LogP contribution in [0.25, 0.3) is 0 Å². The topological polar surface area (TPSA) is 75.4 Å². The van der Waals surface area contributed by atoms with Crippen LogP contribution in [0.4, 0.5) is 5.69 Å². The standard InChI is InChI=1S/C14H23N3O2S2/c1-17(13-4-5-13)9-8-16-21(18,19)11-10-20-14-6-2-12(15)3-7-14/h2-3,6-7,13,16H,4-5,8-11,15H2,1H3. The molecule has 1 aromatic rings. The molecule has 5 nitrogen and oxygen atoms in total. The van der Waals surface area contributed by atoms with Gasteiger partial charge in [0.05, 0.1) is 5.75 Å².